The number of hydrogen-bond acceptors (Lipinski definition) is 2. The lowest BCUT2D eigenvalue weighted by Gasteiger charge is -2.29. The van der Waals surface area contributed by atoms with Crippen LogP contribution in [0.3, 0.4) is 0 Å². The fourth-order valence-corrected chi connectivity index (χ4v) is 1.94. The van der Waals surface area contributed by atoms with E-state index in [1.807, 2.05) is 0 Å². The van der Waals surface area contributed by atoms with E-state index < -0.39 is 0 Å². The summed E-state index contributed by atoms with van der Waals surface area (Å²) < 4.78 is 0. The van der Waals surface area contributed by atoms with Crippen molar-refractivity contribution in [2.75, 3.05) is 6.54 Å². The van der Waals surface area contributed by atoms with Crippen molar-refractivity contribution < 1.29 is 4.79 Å². The van der Waals surface area contributed by atoms with Gasteiger partial charge in [0, 0.05) is 6.04 Å². The molecule has 0 saturated carbocycles. The standard InChI is InChI=1S/C10H19NO/c1-9(2)11-7-5-3-4-6-10(11)8-12/h8-10H,3-7H2,1-2H3. The first-order chi connectivity index (χ1) is 5.75. The molecule has 0 amide bonds. The van der Waals surface area contributed by atoms with Crippen LogP contribution < -0.4 is 0 Å². The number of rotatable bonds is 2. The normalized spacial score (nSPS) is 27.1. The molecule has 1 rings (SSSR count). The molecule has 0 radical (unpaired) electrons. The predicted molar refractivity (Wildman–Crippen MR) is 50.2 cm³/mol. The van der Waals surface area contributed by atoms with E-state index in [1.54, 1.807) is 0 Å². The van der Waals surface area contributed by atoms with Crippen LogP contribution in [0.15, 0.2) is 0 Å². The van der Waals surface area contributed by atoms with Crippen LogP contribution in [0.1, 0.15) is 39.5 Å². The number of carbonyl (C=O) groups is 1. The smallest absolute Gasteiger partial charge is 0.137 e. The van der Waals surface area contributed by atoms with Crippen molar-refractivity contribution in [1.29, 1.82) is 0 Å². The Morgan fingerprint density at radius 3 is 2.67 bits per heavy atom. The molecule has 0 spiro atoms. The maximum Gasteiger partial charge on any atom is 0.137 e. The second-order valence-corrected chi connectivity index (χ2v) is 3.88. The maximum atomic E-state index is 10.8. The van der Waals surface area contributed by atoms with Crippen LogP contribution in [0, 0.1) is 0 Å². The number of likely N-dealkylation sites (tertiary alicyclic amines) is 1. The lowest BCUT2D eigenvalue weighted by molar-refractivity contribution is -0.113. The van der Waals surface area contributed by atoms with E-state index in [9.17, 15) is 4.79 Å². The van der Waals surface area contributed by atoms with Crippen LogP contribution in [0.2, 0.25) is 0 Å². The SMILES string of the molecule is CC(C)N1CCCCCC1C=O. The van der Waals surface area contributed by atoms with Gasteiger partial charge in [-0.1, -0.05) is 12.8 Å². The zero-order chi connectivity index (χ0) is 8.97. The van der Waals surface area contributed by atoms with Crippen molar-refractivity contribution in [2.45, 2.75) is 51.6 Å². The van der Waals surface area contributed by atoms with E-state index in [0.717, 1.165) is 19.3 Å². The Labute approximate surface area is 74.9 Å². The van der Waals surface area contributed by atoms with Crippen molar-refractivity contribution in [3.63, 3.8) is 0 Å². The molecule has 0 N–H and O–H groups in total. The van der Waals surface area contributed by atoms with Crippen LogP contribution >= 0.6 is 0 Å². The molecule has 2 heteroatoms. The van der Waals surface area contributed by atoms with Gasteiger partial charge in [0.05, 0.1) is 6.04 Å². The average Bonchev–Trinajstić information content (AvgIpc) is 2.27. The van der Waals surface area contributed by atoms with Gasteiger partial charge < -0.3 is 4.79 Å². The molecule has 1 unspecified atom stereocenters. The minimum Gasteiger partial charge on any atom is -0.302 e. The van der Waals surface area contributed by atoms with Gasteiger partial charge in [-0.15, -0.1) is 0 Å². The molecule has 1 saturated heterocycles. The van der Waals surface area contributed by atoms with E-state index in [4.69, 9.17) is 0 Å². The van der Waals surface area contributed by atoms with Gasteiger partial charge in [0.2, 0.25) is 0 Å². The molecule has 0 aromatic rings. The van der Waals surface area contributed by atoms with Crippen molar-refractivity contribution in [3.8, 4) is 0 Å². The van der Waals surface area contributed by atoms with Gasteiger partial charge in [0.1, 0.15) is 6.29 Å². The first-order valence-corrected chi connectivity index (χ1v) is 4.96. The first kappa shape index (κ1) is 9.72. The summed E-state index contributed by atoms with van der Waals surface area (Å²) in [5.41, 5.74) is 0. The summed E-state index contributed by atoms with van der Waals surface area (Å²) in [6.45, 7) is 5.44. The van der Waals surface area contributed by atoms with Crippen LogP contribution in [0.25, 0.3) is 0 Å². The molecule has 1 fully saturated rings. The molecule has 0 aromatic heterocycles. The fourth-order valence-electron chi connectivity index (χ4n) is 1.94. The maximum absolute atomic E-state index is 10.8. The number of aldehydes is 1. The van der Waals surface area contributed by atoms with E-state index in [-0.39, 0.29) is 6.04 Å². The molecule has 1 atom stereocenters. The zero-order valence-corrected chi connectivity index (χ0v) is 8.12. The molecule has 70 valence electrons. The highest BCUT2D eigenvalue weighted by Gasteiger charge is 2.21. The number of hydrogen-bond donors (Lipinski definition) is 0. The number of carbonyl (C=O) groups excluding carboxylic acids is 1. The fraction of sp³-hybridized carbons (Fsp3) is 0.900. The van der Waals surface area contributed by atoms with Crippen LogP contribution in [-0.4, -0.2) is 29.8 Å². The van der Waals surface area contributed by atoms with E-state index in [1.165, 1.54) is 19.3 Å². The molecule has 1 heterocycles. The predicted octanol–water partition coefficient (Wildman–Crippen LogP) is 1.84. The summed E-state index contributed by atoms with van der Waals surface area (Å²) in [4.78, 5) is 13.1. The molecular weight excluding hydrogens is 150 g/mol. The van der Waals surface area contributed by atoms with Gasteiger partial charge >= 0.3 is 0 Å². The highest BCUT2D eigenvalue weighted by atomic mass is 16.1. The third-order valence-corrected chi connectivity index (χ3v) is 2.66. The van der Waals surface area contributed by atoms with E-state index in [0.29, 0.717) is 6.04 Å². The third-order valence-electron chi connectivity index (χ3n) is 2.66. The van der Waals surface area contributed by atoms with Crippen molar-refractivity contribution in [3.05, 3.63) is 0 Å². The Bertz CT molecular complexity index is 145. The lowest BCUT2D eigenvalue weighted by atomic mass is 10.1. The van der Waals surface area contributed by atoms with Crippen molar-refractivity contribution >= 4 is 6.29 Å². The quantitative estimate of drug-likeness (QED) is 0.588. The molecule has 0 aromatic carbocycles. The van der Waals surface area contributed by atoms with Gasteiger partial charge in [-0.05, 0) is 33.2 Å². The Balaban J connectivity index is 2.57. The first-order valence-electron chi connectivity index (χ1n) is 4.96. The molecule has 12 heavy (non-hydrogen) atoms. The van der Waals surface area contributed by atoms with Gasteiger partial charge in [0.25, 0.3) is 0 Å². The van der Waals surface area contributed by atoms with Crippen molar-refractivity contribution in [2.24, 2.45) is 0 Å². The van der Waals surface area contributed by atoms with E-state index >= 15 is 0 Å². The summed E-state index contributed by atoms with van der Waals surface area (Å²) >= 11 is 0. The highest BCUT2D eigenvalue weighted by Crippen LogP contribution is 2.17. The summed E-state index contributed by atoms with van der Waals surface area (Å²) in [7, 11) is 0. The summed E-state index contributed by atoms with van der Waals surface area (Å²) in [5, 5.41) is 0. The van der Waals surface area contributed by atoms with Gasteiger partial charge in [-0.3, -0.25) is 4.90 Å². The molecular formula is C10H19NO. The topological polar surface area (TPSA) is 20.3 Å². The van der Waals surface area contributed by atoms with Gasteiger partial charge in [-0.25, -0.2) is 0 Å². The Kier molecular flexibility index (Phi) is 3.73. The Morgan fingerprint density at radius 2 is 2.08 bits per heavy atom. The van der Waals surface area contributed by atoms with Gasteiger partial charge in [-0.2, -0.15) is 0 Å². The summed E-state index contributed by atoms with van der Waals surface area (Å²) in [6, 6.07) is 0.700. The summed E-state index contributed by atoms with van der Waals surface area (Å²) in [5.74, 6) is 0. The second-order valence-electron chi connectivity index (χ2n) is 3.88. The minimum atomic E-state index is 0.187. The third kappa shape index (κ3) is 2.31. The second kappa shape index (κ2) is 4.61. The Hall–Kier alpha value is -0.370. The molecule has 1 aliphatic rings. The van der Waals surface area contributed by atoms with Gasteiger partial charge in [0.15, 0.2) is 0 Å². The largest absolute Gasteiger partial charge is 0.302 e. The Morgan fingerprint density at radius 1 is 1.33 bits per heavy atom. The minimum absolute atomic E-state index is 0.187. The molecule has 1 aliphatic heterocycles. The monoisotopic (exact) mass is 169 g/mol. The van der Waals surface area contributed by atoms with Crippen LogP contribution in [-0.2, 0) is 4.79 Å². The zero-order valence-electron chi connectivity index (χ0n) is 8.12. The molecule has 0 aliphatic carbocycles. The van der Waals surface area contributed by atoms with Crippen LogP contribution in [0.5, 0.6) is 0 Å². The lowest BCUT2D eigenvalue weighted by Crippen LogP contribution is -2.40. The van der Waals surface area contributed by atoms with Crippen molar-refractivity contribution in [1.82, 2.24) is 4.90 Å². The number of nitrogens with zero attached hydrogens (tertiary/aromatic N) is 1. The molecule has 0 bridgehead atoms. The van der Waals surface area contributed by atoms with E-state index in [2.05, 4.69) is 18.7 Å². The van der Waals surface area contributed by atoms with Crippen LogP contribution in [0.4, 0.5) is 0 Å². The summed E-state index contributed by atoms with van der Waals surface area (Å²) in [6.07, 6.45) is 5.93. The average molecular weight is 169 g/mol. The highest BCUT2D eigenvalue weighted by molar-refractivity contribution is 5.57. The molecule has 2 nitrogen and oxygen atoms in total.